The zero-order valence-corrected chi connectivity index (χ0v) is 10.5. The van der Waals surface area contributed by atoms with Gasteiger partial charge in [-0.2, -0.15) is 0 Å². The van der Waals surface area contributed by atoms with Crippen molar-refractivity contribution in [3.05, 3.63) is 53.0 Å². The van der Waals surface area contributed by atoms with Crippen LogP contribution in [0.25, 0.3) is 0 Å². The van der Waals surface area contributed by atoms with Crippen LogP contribution in [-0.2, 0) is 6.42 Å². The Hall–Kier alpha value is -1.90. The molecule has 0 aliphatic carbocycles. The predicted octanol–water partition coefficient (Wildman–Crippen LogP) is 2.73. The highest BCUT2D eigenvalue weighted by atomic mass is 15.0. The van der Waals surface area contributed by atoms with Crippen LogP contribution < -0.4 is 5.32 Å². The molecule has 0 unspecified atom stereocenters. The maximum absolute atomic E-state index is 4.46. The molecule has 0 aliphatic heterocycles. The van der Waals surface area contributed by atoms with Gasteiger partial charge in [0.05, 0.1) is 0 Å². The Labute approximate surface area is 102 Å². The molecule has 0 saturated heterocycles. The lowest BCUT2D eigenvalue weighted by atomic mass is 10.1. The molecule has 1 N–H and O–H groups in total. The Morgan fingerprint density at radius 2 is 1.94 bits per heavy atom. The van der Waals surface area contributed by atoms with Gasteiger partial charge in [-0.15, -0.1) is 0 Å². The number of aryl methyl sites for hydroxylation is 2. The number of rotatable bonds is 3. The van der Waals surface area contributed by atoms with Gasteiger partial charge in [-0.1, -0.05) is 29.8 Å². The highest BCUT2D eigenvalue weighted by Gasteiger charge is 2.02. The Morgan fingerprint density at radius 3 is 2.65 bits per heavy atom. The number of benzene rings is 1. The smallest absolute Gasteiger partial charge is 0.135 e. The topological polar surface area (TPSA) is 37.8 Å². The molecule has 88 valence electrons. The van der Waals surface area contributed by atoms with Crippen LogP contribution in [0.3, 0.4) is 0 Å². The van der Waals surface area contributed by atoms with Crippen molar-refractivity contribution < 1.29 is 0 Å². The van der Waals surface area contributed by atoms with E-state index in [1.165, 1.54) is 11.1 Å². The molecule has 0 aliphatic rings. The molecule has 1 aromatic heterocycles. The number of anilines is 1. The van der Waals surface area contributed by atoms with Crippen LogP contribution in [-0.4, -0.2) is 17.0 Å². The van der Waals surface area contributed by atoms with Crippen molar-refractivity contribution >= 4 is 5.82 Å². The van der Waals surface area contributed by atoms with Crippen LogP contribution >= 0.6 is 0 Å². The largest absolute Gasteiger partial charge is 0.373 e. The third kappa shape index (κ3) is 3.03. The van der Waals surface area contributed by atoms with Gasteiger partial charge in [0, 0.05) is 25.2 Å². The molecule has 0 radical (unpaired) electrons. The zero-order valence-electron chi connectivity index (χ0n) is 10.5. The minimum atomic E-state index is 0.776. The van der Waals surface area contributed by atoms with E-state index in [9.17, 15) is 0 Å². The predicted molar refractivity (Wildman–Crippen MR) is 70.3 cm³/mol. The molecule has 0 fully saturated rings. The van der Waals surface area contributed by atoms with Gasteiger partial charge >= 0.3 is 0 Å². The molecular formula is C14H17N3. The molecular weight excluding hydrogens is 210 g/mol. The van der Waals surface area contributed by atoms with Gasteiger partial charge in [0.15, 0.2) is 0 Å². The van der Waals surface area contributed by atoms with Gasteiger partial charge < -0.3 is 5.32 Å². The van der Waals surface area contributed by atoms with Crippen LogP contribution in [0.5, 0.6) is 0 Å². The third-order valence-electron chi connectivity index (χ3n) is 2.60. The van der Waals surface area contributed by atoms with E-state index in [-0.39, 0.29) is 0 Å². The summed E-state index contributed by atoms with van der Waals surface area (Å²) in [6.45, 7) is 4.09. The SMILES string of the molecule is CNc1cc(C)nc(Cc2cccc(C)c2)n1. The lowest BCUT2D eigenvalue weighted by Crippen LogP contribution is -2.02. The fraction of sp³-hybridized carbons (Fsp3) is 0.286. The standard InChI is InChI=1S/C14H17N3/c1-10-5-4-6-12(7-10)9-14-16-11(2)8-13(15-3)17-14/h4-8H,9H2,1-3H3,(H,15,16,17). The second kappa shape index (κ2) is 4.95. The Kier molecular flexibility index (Phi) is 3.38. The fourth-order valence-electron chi connectivity index (χ4n) is 1.84. The second-order valence-corrected chi connectivity index (χ2v) is 4.23. The molecule has 3 heteroatoms. The molecule has 0 spiro atoms. The lowest BCUT2D eigenvalue weighted by Gasteiger charge is -2.06. The molecule has 17 heavy (non-hydrogen) atoms. The summed E-state index contributed by atoms with van der Waals surface area (Å²) in [5.41, 5.74) is 3.51. The Morgan fingerprint density at radius 1 is 1.12 bits per heavy atom. The van der Waals surface area contributed by atoms with Crippen molar-refractivity contribution in [3.63, 3.8) is 0 Å². The summed E-state index contributed by atoms with van der Waals surface area (Å²) in [6.07, 6.45) is 0.776. The number of hydrogen-bond donors (Lipinski definition) is 1. The van der Waals surface area contributed by atoms with E-state index in [2.05, 4.69) is 46.5 Å². The van der Waals surface area contributed by atoms with E-state index in [1.807, 2.05) is 20.0 Å². The summed E-state index contributed by atoms with van der Waals surface area (Å²) in [5.74, 6) is 1.74. The van der Waals surface area contributed by atoms with E-state index >= 15 is 0 Å². The van der Waals surface area contributed by atoms with Gasteiger partial charge in [-0.25, -0.2) is 9.97 Å². The monoisotopic (exact) mass is 227 g/mol. The van der Waals surface area contributed by atoms with Gasteiger partial charge in [0.25, 0.3) is 0 Å². The highest BCUT2D eigenvalue weighted by Crippen LogP contribution is 2.11. The van der Waals surface area contributed by atoms with Crippen LogP contribution in [0, 0.1) is 13.8 Å². The summed E-state index contributed by atoms with van der Waals surface area (Å²) >= 11 is 0. The minimum absolute atomic E-state index is 0.776. The first-order valence-corrected chi connectivity index (χ1v) is 5.75. The van der Waals surface area contributed by atoms with Crippen molar-refractivity contribution in [2.24, 2.45) is 0 Å². The number of nitrogens with zero attached hydrogens (tertiary/aromatic N) is 2. The normalized spacial score (nSPS) is 10.3. The summed E-state index contributed by atoms with van der Waals surface area (Å²) < 4.78 is 0. The highest BCUT2D eigenvalue weighted by molar-refractivity contribution is 5.35. The Bertz CT molecular complexity index is 521. The first-order chi connectivity index (χ1) is 8.17. The van der Waals surface area contributed by atoms with Crippen LogP contribution in [0.1, 0.15) is 22.6 Å². The maximum atomic E-state index is 4.46. The number of aromatic nitrogens is 2. The van der Waals surface area contributed by atoms with Gasteiger partial charge in [0.1, 0.15) is 11.6 Å². The van der Waals surface area contributed by atoms with E-state index < -0.39 is 0 Å². The molecule has 2 aromatic rings. The molecule has 1 aromatic carbocycles. The third-order valence-corrected chi connectivity index (χ3v) is 2.60. The maximum Gasteiger partial charge on any atom is 0.135 e. The second-order valence-electron chi connectivity index (χ2n) is 4.23. The first kappa shape index (κ1) is 11.6. The summed E-state index contributed by atoms with van der Waals surface area (Å²) in [5, 5.41) is 3.05. The molecule has 0 saturated carbocycles. The molecule has 0 atom stereocenters. The molecule has 2 rings (SSSR count). The summed E-state index contributed by atoms with van der Waals surface area (Å²) in [4.78, 5) is 8.91. The average molecular weight is 227 g/mol. The first-order valence-electron chi connectivity index (χ1n) is 5.75. The zero-order chi connectivity index (χ0) is 12.3. The van der Waals surface area contributed by atoms with Gasteiger partial charge in [-0.05, 0) is 19.4 Å². The van der Waals surface area contributed by atoms with Crippen molar-refractivity contribution in [3.8, 4) is 0 Å². The van der Waals surface area contributed by atoms with E-state index in [0.717, 1.165) is 23.8 Å². The van der Waals surface area contributed by atoms with Crippen LogP contribution in [0.2, 0.25) is 0 Å². The molecule has 3 nitrogen and oxygen atoms in total. The molecule has 1 heterocycles. The van der Waals surface area contributed by atoms with Crippen molar-refractivity contribution in [1.82, 2.24) is 9.97 Å². The van der Waals surface area contributed by atoms with E-state index in [4.69, 9.17) is 0 Å². The fourth-order valence-corrected chi connectivity index (χ4v) is 1.84. The molecule has 0 bridgehead atoms. The van der Waals surface area contributed by atoms with E-state index in [1.54, 1.807) is 0 Å². The van der Waals surface area contributed by atoms with Gasteiger partial charge in [0.2, 0.25) is 0 Å². The van der Waals surface area contributed by atoms with E-state index in [0.29, 0.717) is 0 Å². The minimum Gasteiger partial charge on any atom is -0.373 e. The number of hydrogen-bond acceptors (Lipinski definition) is 3. The van der Waals surface area contributed by atoms with Crippen molar-refractivity contribution in [2.75, 3.05) is 12.4 Å². The van der Waals surface area contributed by atoms with Gasteiger partial charge in [-0.3, -0.25) is 0 Å². The summed E-state index contributed by atoms with van der Waals surface area (Å²) in [6, 6.07) is 10.4. The van der Waals surface area contributed by atoms with Crippen LogP contribution in [0.4, 0.5) is 5.82 Å². The van der Waals surface area contributed by atoms with Crippen LogP contribution in [0.15, 0.2) is 30.3 Å². The quantitative estimate of drug-likeness (QED) is 0.876. The van der Waals surface area contributed by atoms with Crippen molar-refractivity contribution in [1.29, 1.82) is 0 Å². The number of nitrogens with one attached hydrogen (secondary N) is 1. The van der Waals surface area contributed by atoms with Crippen molar-refractivity contribution in [2.45, 2.75) is 20.3 Å². The molecule has 0 amide bonds. The lowest BCUT2D eigenvalue weighted by molar-refractivity contribution is 0.943. The average Bonchev–Trinajstić information content (AvgIpc) is 2.28. The Balaban J connectivity index is 2.26. The summed E-state index contributed by atoms with van der Waals surface area (Å²) in [7, 11) is 1.87.